The quantitative estimate of drug-likeness (QED) is 0.725. The highest BCUT2D eigenvalue weighted by molar-refractivity contribution is 7.99. The van der Waals surface area contributed by atoms with Crippen molar-refractivity contribution in [3.63, 3.8) is 0 Å². The van der Waals surface area contributed by atoms with Crippen LogP contribution in [0.15, 0.2) is 52.0 Å². The lowest BCUT2D eigenvalue weighted by Crippen LogP contribution is -2.47. The van der Waals surface area contributed by atoms with Gasteiger partial charge in [-0.05, 0) is 42.3 Å². The highest BCUT2D eigenvalue weighted by Crippen LogP contribution is 2.26. The summed E-state index contributed by atoms with van der Waals surface area (Å²) in [6, 6.07) is 8.38. The van der Waals surface area contributed by atoms with Gasteiger partial charge in [-0.25, -0.2) is 0 Å². The monoisotopic (exact) mass is 368 g/mol. The maximum atomic E-state index is 12.4. The molecule has 1 atom stereocenters. The van der Waals surface area contributed by atoms with Crippen molar-refractivity contribution in [3.8, 4) is 0 Å². The van der Waals surface area contributed by atoms with Crippen LogP contribution in [-0.4, -0.2) is 23.6 Å². The van der Waals surface area contributed by atoms with E-state index in [1.807, 2.05) is 0 Å². The lowest BCUT2D eigenvalue weighted by Gasteiger charge is -2.21. The number of nitrogens with one attached hydrogen (secondary N) is 2. The number of amides is 2. The Morgan fingerprint density at radius 1 is 1.12 bits per heavy atom. The zero-order valence-corrected chi connectivity index (χ0v) is 14.5. The molecular formula is C17H18F2N2O3S. The van der Waals surface area contributed by atoms with E-state index in [4.69, 9.17) is 4.42 Å². The number of halogens is 2. The Morgan fingerprint density at radius 2 is 1.80 bits per heavy atom. The van der Waals surface area contributed by atoms with Gasteiger partial charge in [-0.2, -0.15) is 8.78 Å². The van der Waals surface area contributed by atoms with Crippen LogP contribution in [-0.2, 0) is 4.79 Å². The van der Waals surface area contributed by atoms with Crippen LogP contribution in [0.3, 0.4) is 0 Å². The summed E-state index contributed by atoms with van der Waals surface area (Å²) in [5.41, 5.74) is 0.460. The van der Waals surface area contributed by atoms with Gasteiger partial charge in [-0.3, -0.25) is 9.59 Å². The minimum atomic E-state index is -2.50. The lowest BCUT2D eigenvalue weighted by atomic mass is 10.0. The normalized spacial score (nSPS) is 12.2. The van der Waals surface area contributed by atoms with Crippen LogP contribution in [0.4, 0.5) is 14.5 Å². The number of rotatable bonds is 7. The van der Waals surface area contributed by atoms with Crippen LogP contribution in [0, 0.1) is 5.92 Å². The van der Waals surface area contributed by atoms with Gasteiger partial charge in [0.1, 0.15) is 6.04 Å². The predicted molar refractivity (Wildman–Crippen MR) is 91.7 cm³/mol. The number of furan rings is 1. The molecule has 2 aromatic rings. The van der Waals surface area contributed by atoms with E-state index in [1.165, 1.54) is 36.6 Å². The van der Waals surface area contributed by atoms with Crippen molar-refractivity contribution in [1.82, 2.24) is 5.32 Å². The average Bonchev–Trinajstić information content (AvgIpc) is 3.08. The van der Waals surface area contributed by atoms with Gasteiger partial charge in [-0.15, -0.1) is 0 Å². The number of alkyl halides is 2. The van der Waals surface area contributed by atoms with Crippen molar-refractivity contribution < 1.29 is 22.8 Å². The Morgan fingerprint density at radius 3 is 2.32 bits per heavy atom. The first-order valence-corrected chi connectivity index (χ1v) is 8.45. The van der Waals surface area contributed by atoms with Crippen molar-refractivity contribution in [2.45, 2.75) is 30.5 Å². The Bertz CT molecular complexity index is 703. The Labute approximate surface area is 148 Å². The predicted octanol–water partition coefficient (Wildman–Crippen LogP) is 3.99. The zero-order valence-electron chi connectivity index (χ0n) is 13.7. The number of anilines is 1. The molecule has 134 valence electrons. The molecule has 0 unspecified atom stereocenters. The average molecular weight is 368 g/mol. The van der Waals surface area contributed by atoms with E-state index in [9.17, 15) is 18.4 Å². The molecule has 5 nitrogen and oxygen atoms in total. The summed E-state index contributed by atoms with van der Waals surface area (Å²) in [6.07, 6.45) is 1.37. The van der Waals surface area contributed by atoms with Crippen molar-refractivity contribution >= 4 is 29.3 Å². The number of hydrogen-bond acceptors (Lipinski definition) is 4. The molecule has 0 aliphatic carbocycles. The van der Waals surface area contributed by atoms with Crippen LogP contribution < -0.4 is 10.6 Å². The van der Waals surface area contributed by atoms with Gasteiger partial charge in [0.05, 0.1) is 6.26 Å². The highest BCUT2D eigenvalue weighted by Gasteiger charge is 2.25. The summed E-state index contributed by atoms with van der Waals surface area (Å²) in [7, 11) is 0. The fourth-order valence-electron chi connectivity index (χ4n) is 2.09. The third-order valence-electron chi connectivity index (χ3n) is 3.33. The first kappa shape index (κ1) is 19.0. The van der Waals surface area contributed by atoms with E-state index >= 15 is 0 Å². The molecule has 1 aromatic heterocycles. The number of carbonyl (C=O) groups excluding carboxylic acids is 2. The third-order valence-corrected chi connectivity index (χ3v) is 4.05. The molecule has 0 radical (unpaired) electrons. The smallest absolute Gasteiger partial charge is 0.288 e. The lowest BCUT2D eigenvalue weighted by molar-refractivity contribution is -0.118. The Hall–Kier alpha value is -2.35. The molecular weight excluding hydrogens is 350 g/mol. The summed E-state index contributed by atoms with van der Waals surface area (Å²) >= 11 is 0.431. The molecule has 25 heavy (non-hydrogen) atoms. The number of thioether (sulfide) groups is 1. The second kappa shape index (κ2) is 8.66. The molecule has 2 rings (SSSR count). The molecule has 1 heterocycles. The molecule has 2 N–H and O–H groups in total. The maximum Gasteiger partial charge on any atom is 0.288 e. The molecule has 0 bridgehead atoms. The molecule has 0 saturated carbocycles. The van der Waals surface area contributed by atoms with E-state index in [0.717, 1.165) is 0 Å². The number of hydrogen-bond donors (Lipinski definition) is 2. The SMILES string of the molecule is CC(C)[C@H](NC(=O)c1ccco1)C(=O)Nc1ccc(SC(F)F)cc1. The number of carbonyl (C=O) groups is 2. The van der Waals surface area contributed by atoms with Gasteiger partial charge in [0.2, 0.25) is 5.91 Å². The summed E-state index contributed by atoms with van der Waals surface area (Å²) in [6.45, 7) is 3.60. The second-order valence-corrected chi connectivity index (χ2v) is 6.63. The summed E-state index contributed by atoms with van der Waals surface area (Å²) in [5.74, 6) is -3.42. The molecule has 0 spiro atoms. The van der Waals surface area contributed by atoms with E-state index in [0.29, 0.717) is 22.3 Å². The fraction of sp³-hybridized carbons (Fsp3) is 0.294. The largest absolute Gasteiger partial charge is 0.459 e. The van der Waals surface area contributed by atoms with Gasteiger partial charge in [0, 0.05) is 10.6 Å². The summed E-state index contributed by atoms with van der Waals surface area (Å²) in [5, 5.41) is 5.30. The standard InChI is InChI=1S/C17H18F2N2O3S/c1-10(2)14(21-15(22)13-4-3-9-24-13)16(23)20-11-5-7-12(8-6-11)25-17(18)19/h3-10,14,17H,1-2H3,(H,20,23)(H,21,22)/t14-/m0/s1. The van der Waals surface area contributed by atoms with Gasteiger partial charge >= 0.3 is 0 Å². The molecule has 8 heteroatoms. The summed E-state index contributed by atoms with van der Waals surface area (Å²) in [4.78, 5) is 24.9. The minimum absolute atomic E-state index is 0.117. The van der Waals surface area contributed by atoms with E-state index < -0.39 is 23.6 Å². The maximum absolute atomic E-state index is 12.4. The summed E-state index contributed by atoms with van der Waals surface area (Å²) < 4.78 is 29.6. The first-order chi connectivity index (χ1) is 11.9. The van der Waals surface area contributed by atoms with Gasteiger partial charge in [0.15, 0.2) is 5.76 Å². The van der Waals surface area contributed by atoms with E-state index in [-0.39, 0.29) is 11.7 Å². The molecule has 1 aromatic carbocycles. The van der Waals surface area contributed by atoms with Crippen molar-refractivity contribution in [2.24, 2.45) is 5.92 Å². The second-order valence-electron chi connectivity index (χ2n) is 5.56. The molecule has 0 fully saturated rings. The Balaban J connectivity index is 2.01. The van der Waals surface area contributed by atoms with Crippen molar-refractivity contribution in [2.75, 3.05) is 5.32 Å². The molecule has 2 amide bonds. The van der Waals surface area contributed by atoms with Crippen LogP contribution in [0.25, 0.3) is 0 Å². The molecule has 0 saturated heterocycles. The van der Waals surface area contributed by atoms with Crippen molar-refractivity contribution in [3.05, 3.63) is 48.4 Å². The van der Waals surface area contributed by atoms with Gasteiger partial charge in [0.25, 0.3) is 11.7 Å². The molecule has 0 aliphatic rings. The van der Waals surface area contributed by atoms with E-state index in [2.05, 4.69) is 10.6 Å². The Kier molecular flexibility index (Phi) is 6.58. The topological polar surface area (TPSA) is 71.3 Å². The number of benzene rings is 1. The van der Waals surface area contributed by atoms with Crippen LogP contribution in [0.2, 0.25) is 0 Å². The van der Waals surface area contributed by atoms with Crippen molar-refractivity contribution in [1.29, 1.82) is 0 Å². The molecule has 0 aliphatic heterocycles. The van der Waals surface area contributed by atoms with Gasteiger partial charge < -0.3 is 15.1 Å². The first-order valence-electron chi connectivity index (χ1n) is 7.57. The van der Waals surface area contributed by atoms with E-state index in [1.54, 1.807) is 19.9 Å². The highest BCUT2D eigenvalue weighted by atomic mass is 32.2. The van der Waals surface area contributed by atoms with Gasteiger partial charge in [-0.1, -0.05) is 25.6 Å². The zero-order chi connectivity index (χ0) is 18.4. The fourth-order valence-corrected chi connectivity index (χ4v) is 2.59. The van der Waals surface area contributed by atoms with Crippen LogP contribution in [0.5, 0.6) is 0 Å². The van der Waals surface area contributed by atoms with Crippen LogP contribution in [0.1, 0.15) is 24.4 Å². The third kappa shape index (κ3) is 5.60. The van der Waals surface area contributed by atoms with Crippen LogP contribution >= 0.6 is 11.8 Å². The minimum Gasteiger partial charge on any atom is -0.459 e.